The molecule has 1 heterocycles. The molecule has 20 heavy (non-hydrogen) atoms. The number of fused-ring (bicyclic) bond motifs is 1. The van der Waals surface area contributed by atoms with Gasteiger partial charge in [-0.1, -0.05) is 27.7 Å². The zero-order chi connectivity index (χ0) is 14.3. The monoisotopic (exact) mass is 411 g/mol. The fourth-order valence-electron chi connectivity index (χ4n) is 1.85. The smallest absolute Gasteiger partial charge is 0.296 e. The van der Waals surface area contributed by atoms with Crippen LogP contribution in [0.15, 0.2) is 55.1 Å². The molecule has 1 aliphatic rings. The Morgan fingerprint density at radius 1 is 1.00 bits per heavy atom. The summed E-state index contributed by atoms with van der Waals surface area (Å²) in [7, 11) is 0. The standard InChI is InChI=1S/C14H7Br2NO2S/c15-7-1-3-8(4-2-7)20-12-6-11-9(5-10(12)16)13(18)14(19)17-11/h1-6H,(H,17,18,19). The number of benzene rings is 2. The van der Waals surface area contributed by atoms with Gasteiger partial charge in [-0.2, -0.15) is 0 Å². The molecule has 1 amide bonds. The first-order chi connectivity index (χ1) is 9.54. The van der Waals surface area contributed by atoms with Gasteiger partial charge in [0.1, 0.15) is 0 Å². The second-order valence-electron chi connectivity index (χ2n) is 4.17. The van der Waals surface area contributed by atoms with Crippen LogP contribution < -0.4 is 5.32 Å². The first kappa shape index (κ1) is 13.9. The fourth-order valence-corrected chi connectivity index (χ4v) is 3.56. The number of carbonyl (C=O) groups is 2. The largest absolute Gasteiger partial charge is 0.318 e. The molecular weight excluding hydrogens is 406 g/mol. The molecule has 0 atom stereocenters. The molecule has 0 spiro atoms. The number of anilines is 1. The van der Waals surface area contributed by atoms with E-state index in [0.29, 0.717) is 11.3 Å². The molecule has 0 aromatic heterocycles. The molecule has 0 unspecified atom stereocenters. The molecule has 0 radical (unpaired) electrons. The highest BCUT2D eigenvalue weighted by Crippen LogP contribution is 2.38. The van der Waals surface area contributed by atoms with Gasteiger partial charge in [0.2, 0.25) is 0 Å². The van der Waals surface area contributed by atoms with Crippen molar-refractivity contribution < 1.29 is 9.59 Å². The Morgan fingerprint density at radius 3 is 2.40 bits per heavy atom. The molecule has 1 aliphatic heterocycles. The minimum absolute atomic E-state index is 0.419. The average Bonchev–Trinajstić information content (AvgIpc) is 2.69. The highest BCUT2D eigenvalue weighted by molar-refractivity contribution is 9.10. The summed E-state index contributed by atoms with van der Waals surface area (Å²) in [6, 6.07) is 11.4. The summed E-state index contributed by atoms with van der Waals surface area (Å²) in [6.07, 6.45) is 0. The Hall–Kier alpha value is -1.11. The summed E-state index contributed by atoms with van der Waals surface area (Å²) in [6.45, 7) is 0. The SMILES string of the molecule is O=C1Nc2cc(Sc3ccc(Br)cc3)c(Br)cc2C1=O. The Balaban J connectivity index is 1.96. The van der Waals surface area contributed by atoms with Gasteiger partial charge in [0.25, 0.3) is 11.7 Å². The summed E-state index contributed by atoms with van der Waals surface area (Å²) in [5, 5.41) is 2.58. The van der Waals surface area contributed by atoms with Gasteiger partial charge < -0.3 is 5.32 Å². The number of rotatable bonds is 2. The Kier molecular flexibility index (Phi) is 3.70. The number of carbonyl (C=O) groups excluding carboxylic acids is 2. The van der Waals surface area contributed by atoms with E-state index in [1.165, 1.54) is 0 Å². The summed E-state index contributed by atoms with van der Waals surface area (Å²) >= 11 is 8.40. The lowest BCUT2D eigenvalue weighted by atomic mass is 10.1. The van der Waals surface area contributed by atoms with Crippen molar-refractivity contribution >= 4 is 61.0 Å². The van der Waals surface area contributed by atoms with Crippen LogP contribution >= 0.6 is 43.6 Å². The summed E-state index contributed by atoms with van der Waals surface area (Å²) in [4.78, 5) is 25.0. The Bertz CT molecular complexity index is 729. The second-order valence-corrected chi connectivity index (χ2v) is 7.05. The number of halogens is 2. The van der Waals surface area contributed by atoms with E-state index in [2.05, 4.69) is 37.2 Å². The molecule has 2 aromatic carbocycles. The maximum atomic E-state index is 11.6. The van der Waals surface area contributed by atoms with E-state index in [1.54, 1.807) is 17.8 Å². The van der Waals surface area contributed by atoms with Crippen LogP contribution in [0.5, 0.6) is 0 Å². The molecule has 0 bridgehead atoms. The second kappa shape index (κ2) is 5.35. The fraction of sp³-hybridized carbons (Fsp3) is 0. The highest BCUT2D eigenvalue weighted by atomic mass is 79.9. The minimum atomic E-state index is -0.572. The van der Waals surface area contributed by atoms with Gasteiger partial charge in [-0.3, -0.25) is 9.59 Å². The Morgan fingerprint density at radius 2 is 1.70 bits per heavy atom. The molecule has 1 N–H and O–H groups in total. The van der Waals surface area contributed by atoms with Gasteiger partial charge in [-0.15, -0.1) is 0 Å². The van der Waals surface area contributed by atoms with Crippen LogP contribution in [-0.2, 0) is 4.79 Å². The zero-order valence-electron chi connectivity index (χ0n) is 9.94. The number of ketones is 1. The van der Waals surface area contributed by atoms with Gasteiger partial charge in [0.15, 0.2) is 0 Å². The van der Waals surface area contributed by atoms with Crippen LogP contribution in [0.3, 0.4) is 0 Å². The quantitative estimate of drug-likeness (QED) is 0.738. The number of amides is 1. The topological polar surface area (TPSA) is 46.2 Å². The predicted octanol–water partition coefficient (Wildman–Crippen LogP) is 4.50. The first-order valence-corrected chi connectivity index (χ1v) is 8.07. The van der Waals surface area contributed by atoms with Crippen molar-refractivity contribution in [1.82, 2.24) is 0 Å². The number of hydrogen-bond donors (Lipinski definition) is 1. The van der Waals surface area contributed by atoms with E-state index < -0.39 is 11.7 Å². The molecule has 0 fully saturated rings. The van der Waals surface area contributed by atoms with Crippen LogP contribution in [-0.4, -0.2) is 11.7 Å². The van der Waals surface area contributed by atoms with Crippen LogP contribution in [0.2, 0.25) is 0 Å². The van der Waals surface area contributed by atoms with Crippen molar-refractivity contribution in [2.24, 2.45) is 0 Å². The number of Topliss-reactive ketones (excluding diaryl/α,β-unsaturated/α-hetero) is 1. The third-order valence-electron chi connectivity index (χ3n) is 2.81. The van der Waals surface area contributed by atoms with Crippen molar-refractivity contribution in [3.8, 4) is 0 Å². The lowest BCUT2D eigenvalue weighted by Gasteiger charge is -2.07. The van der Waals surface area contributed by atoms with Crippen LogP contribution in [0, 0.1) is 0 Å². The van der Waals surface area contributed by atoms with Crippen molar-refractivity contribution in [1.29, 1.82) is 0 Å². The third-order valence-corrected chi connectivity index (χ3v) is 5.33. The summed E-state index contributed by atoms with van der Waals surface area (Å²) < 4.78 is 1.82. The van der Waals surface area contributed by atoms with Crippen molar-refractivity contribution in [3.05, 3.63) is 50.9 Å². The van der Waals surface area contributed by atoms with Gasteiger partial charge in [-0.25, -0.2) is 0 Å². The predicted molar refractivity (Wildman–Crippen MR) is 85.4 cm³/mol. The molecule has 0 saturated heterocycles. The van der Waals surface area contributed by atoms with Crippen molar-refractivity contribution in [2.45, 2.75) is 9.79 Å². The molecule has 0 saturated carbocycles. The first-order valence-electron chi connectivity index (χ1n) is 5.67. The third kappa shape index (κ3) is 2.55. The van der Waals surface area contributed by atoms with Gasteiger partial charge >= 0.3 is 0 Å². The van der Waals surface area contributed by atoms with Crippen LogP contribution in [0.25, 0.3) is 0 Å². The number of hydrogen-bond acceptors (Lipinski definition) is 3. The average molecular weight is 413 g/mol. The van der Waals surface area contributed by atoms with E-state index >= 15 is 0 Å². The van der Waals surface area contributed by atoms with Crippen LogP contribution in [0.1, 0.15) is 10.4 Å². The van der Waals surface area contributed by atoms with Crippen molar-refractivity contribution in [3.63, 3.8) is 0 Å². The molecule has 3 nitrogen and oxygen atoms in total. The van der Waals surface area contributed by atoms with Crippen molar-refractivity contribution in [2.75, 3.05) is 5.32 Å². The lowest BCUT2D eigenvalue weighted by molar-refractivity contribution is -0.112. The normalized spacial score (nSPS) is 13.3. The molecule has 6 heteroatoms. The van der Waals surface area contributed by atoms with E-state index in [-0.39, 0.29) is 0 Å². The van der Waals surface area contributed by atoms with E-state index in [9.17, 15) is 9.59 Å². The maximum absolute atomic E-state index is 11.6. The van der Waals surface area contributed by atoms with Gasteiger partial charge in [0.05, 0.1) is 11.3 Å². The molecule has 3 rings (SSSR count). The summed E-state index contributed by atoms with van der Waals surface area (Å²) in [5.74, 6) is -1.06. The molecule has 100 valence electrons. The van der Waals surface area contributed by atoms with Gasteiger partial charge in [0, 0.05) is 18.7 Å². The minimum Gasteiger partial charge on any atom is -0.318 e. The lowest BCUT2D eigenvalue weighted by Crippen LogP contribution is -2.12. The van der Waals surface area contributed by atoms with Crippen LogP contribution in [0.4, 0.5) is 5.69 Å². The number of nitrogens with one attached hydrogen (secondary N) is 1. The molecular formula is C14H7Br2NO2S. The molecule has 0 aliphatic carbocycles. The maximum Gasteiger partial charge on any atom is 0.296 e. The Labute approximate surface area is 136 Å². The van der Waals surface area contributed by atoms with Gasteiger partial charge in [-0.05, 0) is 52.3 Å². The van der Waals surface area contributed by atoms with E-state index in [4.69, 9.17) is 0 Å². The zero-order valence-corrected chi connectivity index (χ0v) is 13.9. The van der Waals surface area contributed by atoms with E-state index in [0.717, 1.165) is 18.7 Å². The highest BCUT2D eigenvalue weighted by Gasteiger charge is 2.29. The summed E-state index contributed by atoms with van der Waals surface area (Å²) in [5.41, 5.74) is 0.991. The molecule has 2 aromatic rings. The van der Waals surface area contributed by atoms with E-state index in [1.807, 2.05) is 30.3 Å².